The van der Waals surface area contributed by atoms with Gasteiger partial charge in [-0.15, -0.1) is 11.6 Å². The molecule has 0 amide bonds. The second-order valence-corrected chi connectivity index (χ2v) is 6.20. The van der Waals surface area contributed by atoms with E-state index in [0.717, 1.165) is 18.7 Å². The Labute approximate surface area is 102 Å². The van der Waals surface area contributed by atoms with E-state index in [4.69, 9.17) is 16.1 Å². The van der Waals surface area contributed by atoms with Crippen molar-refractivity contribution < 1.29 is 4.52 Å². The molecule has 1 unspecified atom stereocenters. The van der Waals surface area contributed by atoms with E-state index < -0.39 is 0 Å². The number of alkyl halides is 1. The lowest BCUT2D eigenvalue weighted by Gasteiger charge is -2.32. The van der Waals surface area contributed by atoms with Crippen molar-refractivity contribution in [3.05, 3.63) is 11.7 Å². The SMILES string of the molecule is CC(Cl)c1nc(C2CCC(C)(C)CC2)no1. The smallest absolute Gasteiger partial charge is 0.244 e. The van der Waals surface area contributed by atoms with Crippen LogP contribution < -0.4 is 0 Å². The standard InChI is InChI=1S/C12H19ClN2O/c1-8(13)11-14-10(15-16-11)9-4-6-12(2,3)7-5-9/h8-9H,4-7H2,1-3H3. The van der Waals surface area contributed by atoms with Gasteiger partial charge in [0.2, 0.25) is 5.89 Å². The molecule has 1 aromatic rings. The van der Waals surface area contributed by atoms with Gasteiger partial charge in [0.15, 0.2) is 5.82 Å². The number of halogens is 1. The van der Waals surface area contributed by atoms with E-state index >= 15 is 0 Å². The number of rotatable bonds is 2. The molecule has 0 aliphatic heterocycles. The summed E-state index contributed by atoms with van der Waals surface area (Å²) in [6.45, 7) is 6.50. The summed E-state index contributed by atoms with van der Waals surface area (Å²) in [7, 11) is 0. The topological polar surface area (TPSA) is 38.9 Å². The Hall–Kier alpha value is -0.570. The fraction of sp³-hybridized carbons (Fsp3) is 0.833. The van der Waals surface area contributed by atoms with Crippen LogP contribution in [0.15, 0.2) is 4.52 Å². The highest BCUT2D eigenvalue weighted by Crippen LogP contribution is 2.41. The molecule has 90 valence electrons. The van der Waals surface area contributed by atoms with Crippen molar-refractivity contribution in [3.8, 4) is 0 Å². The molecule has 0 aromatic carbocycles. The summed E-state index contributed by atoms with van der Waals surface area (Å²) < 4.78 is 5.14. The first-order chi connectivity index (χ1) is 7.48. The van der Waals surface area contributed by atoms with Gasteiger partial charge in [0.1, 0.15) is 5.38 Å². The second kappa shape index (κ2) is 4.36. The first-order valence-electron chi connectivity index (χ1n) is 5.95. The summed E-state index contributed by atoms with van der Waals surface area (Å²) in [5.74, 6) is 1.85. The lowest BCUT2D eigenvalue weighted by atomic mass is 9.73. The van der Waals surface area contributed by atoms with Gasteiger partial charge in [-0.05, 0) is 38.0 Å². The average Bonchev–Trinajstić information content (AvgIpc) is 2.66. The minimum absolute atomic E-state index is 0.193. The van der Waals surface area contributed by atoms with E-state index in [2.05, 4.69) is 24.0 Å². The summed E-state index contributed by atoms with van der Waals surface area (Å²) in [6, 6.07) is 0. The molecule has 1 fully saturated rings. The van der Waals surface area contributed by atoms with Gasteiger partial charge in [0.05, 0.1) is 0 Å². The zero-order chi connectivity index (χ0) is 11.8. The zero-order valence-electron chi connectivity index (χ0n) is 10.2. The maximum atomic E-state index is 5.90. The Kier molecular flexibility index (Phi) is 3.24. The van der Waals surface area contributed by atoms with Gasteiger partial charge >= 0.3 is 0 Å². The van der Waals surface area contributed by atoms with Crippen LogP contribution in [0.1, 0.15) is 69.5 Å². The minimum Gasteiger partial charge on any atom is -0.338 e. The Morgan fingerprint density at radius 3 is 2.50 bits per heavy atom. The molecule has 1 heterocycles. The maximum absolute atomic E-state index is 5.90. The molecule has 3 nitrogen and oxygen atoms in total. The number of aromatic nitrogens is 2. The van der Waals surface area contributed by atoms with Crippen molar-refractivity contribution in [2.45, 2.75) is 57.7 Å². The average molecular weight is 243 g/mol. The van der Waals surface area contributed by atoms with E-state index in [0.29, 0.717) is 17.2 Å². The molecule has 0 N–H and O–H groups in total. The van der Waals surface area contributed by atoms with Crippen LogP contribution in [0.3, 0.4) is 0 Å². The van der Waals surface area contributed by atoms with Gasteiger partial charge in [-0.25, -0.2) is 0 Å². The molecule has 2 rings (SSSR count). The molecule has 0 spiro atoms. The predicted molar refractivity (Wildman–Crippen MR) is 63.6 cm³/mol. The monoisotopic (exact) mass is 242 g/mol. The van der Waals surface area contributed by atoms with Crippen molar-refractivity contribution in [3.63, 3.8) is 0 Å². The highest BCUT2D eigenvalue weighted by atomic mass is 35.5. The third-order valence-electron chi connectivity index (χ3n) is 3.50. The highest BCUT2D eigenvalue weighted by Gasteiger charge is 2.30. The van der Waals surface area contributed by atoms with Crippen LogP contribution in [0.25, 0.3) is 0 Å². The Bertz CT molecular complexity index is 350. The summed E-state index contributed by atoms with van der Waals surface area (Å²) in [5.41, 5.74) is 0.475. The maximum Gasteiger partial charge on any atom is 0.244 e. The zero-order valence-corrected chi connectivity index (χ0v) is 10.9. The second-order valence-electron chi connectivity index (χ2n) is 5.55. The van der Waals surface area contributed by atoms with Crippen molar-refractivity contribution >= 4 is 11.6 Å². The van der Waals surface area contributed by atoms with Crippen LogP contribution in [0.5, 0.6) is 0 Å². The highest BCUT2D eigenvalue weighted by molar-refractivity contribution is 6.20. The number of hydrogen-bond acceptors (Lipinski definition) is 3. The molecule has 16 heavy (non-hydrogen) atoms. The van der Waals surface area contributed by atoms with Gasteiger partial charge in [0, 0.05) is 5.92 Å². The normalized spacial score (nSPS) is 23.2. The van der Waals surface area contributed by atoms with Crippen LogP contribution in [0.4, 0.5) is 0 Å². The van der Waals surface area contributed by atoms with Crippen LogP contribution in [-0.2, 0) is 0 Å². The third kappa shape index (κ3) is 2.57. The molecule has 1 aliphatic carbocycles. The minimum atomic E-state index is -0.193. The lowest BCUT2D eigenvalue weighted by Crippen LogP contribution is -2.20. The Morgan fingerprint density at radius 2 is 2.00 bits per heavy atom. The fourth-order valence-electron chi connectivity index (χ4n) is 2.23. The van der Waals surface area contributed by atoms with Gasteiger partial charge in [-0.3, -0.25) is 0 Å². The van der Waals surface area contributed by atoms with E-state index in [1.807, 2.05) is 6.92 Å². The van der Waals surface area contributed by atoms with Crippen LogP contribution in [0.2, 0.25) is 0 Å². The Balaban J connectivity index is 2.03. The van der Waals surface area contributed by atoms with E-state index in [1.54, 1.807) is 0 Å². The van der Waals surface area contributed by atoms with Crippen molar-refractivity contribution in [1.82, 2.24) is 10.1 Å². The predicted octanol–water partition coefficient (Wildman–Crippen LogP) is 4.05. The van der Waals surface area contributed by atoms with Gasteiger partial charge in [0.25, 0.3) is 0 Å². The first kappa shape index (κ1) is 11.9. The third-order valence-corrected chi connectivity index (χ3v) is 3.69. The van der Waals surface area contributed by atoms with Gasteiger partial charge in [-0.2, -0.15) is 4.98 Å². The number of nitrogens with zero attached hydrogens (tertiary/aromatic N) is 2. The van der Waals surface area contributed by atoms with Crippen LogP contribution in [-0.4, -0.2) is 10.1 Å². The molecule has 1 atom stereocenters. The molecule has 1 aromatic heterocycles. The first-order valence-corrected chi connectivity index (χ1v) is 6.39. The molecule has 0 radical (unpaired) electrons. The largest absolute Gasteiger partial charge is 0.338 e. The summed E-state index contributed by atoms with van der Waals surface area (Å²) >= 11 is 5.90. The lowest BCUT2D eigenvalue weighted by molar-refractivity contribution is 0.218. The van der Waals surface area contributed by atoms with Crippen LogP contribution >= 0.6 is 11.6 Å². The summed E-state index contributed by atoms with van der Waals surface area (Å²) in [4.78, 5) is 4.37. The molecule has 0 bridgehead atoms. The van der Waals surface area contributed by atoms with Crippen molar-refractivity contribution in [2.24, 2.45) is 5.41 Å². The van der Waals surface area contributed by atoms with E-state index in [-0.39, 0.29) is 5.38 Å². The molecular formula is C12H19ClN2O. The molecule has 4 heteroatoms. The number of hydrogen-bond donors (Lipinski definition) is 0. The molecule has 0 saturated heterocycles. The quantitative estimate of drug-likeness (QED) is 0.735. The van der Waals surface area contributed by atoms with Gasteiger partial charge < -0.3 is 4.52 Å². The summed E-state index contributed by atoms with van der Waals surface area (Å²) in [5, 5.41) is 3.85. The van der Waals surface area contributed by atoms with Crippen molar-refractivity contribution in [1.29, 1.82) is 0 Å². The summed E-state index contributed by atoms with van der Waals surface area (Å²) in [6.07, 6.45) is 4.78. The molecule has 1 saturated carbocycles. The van der Waals surface area contributed by atoms with E-state index in [9.17, 15) is 0 Å². The van der Waals surface area contributed by atoms with Gasteiger partial charge in [-0.1, -0.05) is 19.0 Å². The molecular weight excluding hydrogens is 224 g/mol. The fourth-order valence-corrected chi connectivity index (χ4v) is 2.32. The van der Waals surface area contributed by atoms with Crippen molar-refractivity contribution in [2.75, 3.05) is 0 Å². The molecule has 1 aliphatic rings. The Morgan fingerprint density at radius 1 is 1.38 bits per heavy atom. The van der Waals surface area contributed by atoms with E-state index in [1.165, 1.54) is 12.8 Å². The van der Waals surface area contributed by atoms with Crippen LogP contribution in [0, 0.1) is 5.41 Å².